The van der Waals surface area contributed by atoms with Gasteiger partial charge in [-0.2, -0.15) is 0 Å². The van der Waals surface area contributed by atoms with Crippen LogP contribution in [-0.4, -0.2) is 35.8 Å². The summed E-state index contributed by atoms with van der Waals surface area (Å²) in [7, 11) is 0. The van der Waals surface area contributed by atoms with E-state index in [0.717, 1.165) is 4.90 Å². The van der Waals surface area contributed by atoms with Gasteiger partial charge < -0.3 is 10.6 Å². The SMILES string of the molecule is CC(C)CNC(=O)CN1C(=O)N[C@](C)(c2ccccc2Cl)C1=O. The zero-order valence-corrected chi connectivity index (χ0v) is 14.1. The smallest absolute Gasteiger partial charge is 0.325 e. The van der Waals surface area contributed by atoms with Crippen molar-refractivity contribution in [3.05, 3.63) is 34.9 Å². The topological polar surface area (TPSA) is 78.5 Å². The lowest BCUT2D eigenvalue weighted by Crippen LogP contribution is -2.43. The van der Waals surface area contributed by atoms with Crippen LogP contribution in [0.2, 0.25) is 5.02 Å². The summed E-state index contributed by atoms with van der Waals surface area (Å²) in [6.07, 6.45) is 0. The molecule has 1 atom stereocenters. The van der Waals surface area contributed by atoms with Gasteiger partial charge in [-0.05, 0) is 18.9 Å². The second kappa shape index (κ2) is 6.58. The lowest BCUT2D eigenvalue weighted by molar-refractivity contribution is -0.134. The van der Waals surface area contributed by atoms with E-state index in [1.807, 2.05) is 13.8 Å². The van der Waals surface area contributed by atoms with E-state index in [-0.39, 0.29) is 18.4 Å². The van der Waals surface area contributed by atoms with E-state index in [1.165, 1.54) is 0 Å². The molecule has 1 heterocycles. The van der Waals surface area contributed by atoms with Gasteiger partial charge in [0, 0.05) is 17.1 Å². The molecule has 2 rings (SSSR count). The summed E-state index contributed by atoms with van der Waals surface area (Å²) >= 11 is 6.14. The first kappa shape index (κ1) is 17.3. The molecule has 0 bridgehead atoms. The minimum atomic E-state index is -1.27. The van der Waals surface area contributed by atoms with Crippen LogP contribution in [-0.2, 0) is 15.1 Å². The number of carbonyl (C=O) groups excluding carboxylic acids is 3. The second-order valence-corrected chi connectivity index (χ2v) is 6.53. The van der Waals surface area contributed by atoms with E-state index in [0.29, 0.717) is 17.1 Å². The first-order valence-corrected chi connectivity index (χ1v) is 7.79. The van der Waals surface area contributed by atoms with E-state index in [4.69, 9.17) is 11.6 Å². The Morgan fingerprint density at radius 3 is 2.61 bits per heavy atom. The predicted octanol–water partition coefficient (Wildman–Crippen LogP) is 1.88. The molecule has 2 N–H and O–H groups in total. The zero-order chi connectivity index (χ0) is 17.2. The molecular weight excluding hydrogens is 318 g/mol. The zero-order valence-electron chi connectivity index (χ0n) is 13.4. The lowest BCUT2D eigenvalue weighted by Gasteiger charge is -2.23. The molecule has 0 aromatic heterocycles. The quantitative estimate of drug-likeness (QED) is 0.805. The summed E-state index contributed by atoms with van der Waals surface area (Å²) in [5, 5.41) is 5.70. The highest BCUT2D eigenvalue weighted by Gasteiger charge is 2.50. The molecule has 1 saturated heterocycles. The van der Waals surface area contributed by atoms with Crippen molar-refractivity contribution in [1.29, 1.82) is 0 Å². The summed E-state index contributed by atoms with van der Waals surface area (Å²) in [6.45, 7) is 5.69. The van der Waals surface area contributed by atoms with Crippen LogP contribution in [0.15, 0.2) is 24.3 Å². The fourth-order valence-electron chi connectivity index (χ4n) is 2.41. The highest BCUT2D eigenvalue weighted by Crippen LogP contribution is 2.33. The molecule has 0 spiro atoms. The Labute approximate surface area is 140 Å². The number of urea groups is 1. The van der Waals surface area contributed by atoms with Crippen LogP contribution < -0.4 is 10.6 Å². The average Bonchev–Trinajstić information content (AvgIpc) is 2.70. The van der Waals surface area contributed by atoms with Crippen LogP contribution in [0.5, 0.6) is 0 Å². The molecule has 6 nitrogen and oxygen atoms in total. The first-order valence-electron chi connectivity index (χ1n) is 7.41. The summed E-state index contributed by atoms with van der Waals surface area (Å²) in [5.74, 6) is -0.573. The molecule has 0 radical (unpaired) electrons. The molecule has 0 aliphatic carbocycles. The fourth-order valence-corrected chi connectivity index (χ4v) is 2.73. The Bertz CT molecular complexity index is 647. The van der Waals surface area contributed by atoms with Gasteiger partial charge in [-0.25, -0.2) is 4.79 Å². The Morgan fingerprint density at radius 2 is 2.00 bits per heavy atom. The van der Waals surface area contributed by atoms with E-state index in [1.54, 1.807) is 31.2 Å². The van der Waals surface area contributed by atoms with Crippen molar-refractivity contribution in [2.24, 2.45) is 5.92 Å². The predicted molar refractivity (Wildman–Crippen MR) is 86.9 cm³/mol. The number of hydrogen-bond acceptors (Lipinski definition) is 3. The number of benzene rings is 1. The maximum atomic E-state index is 12.7. The number of imide groups is 1. The number of carbonyl (C=O) groups is 3. The Balaban J connectivity index is 2.17. The van der Waals surface area contributed by atoms with Crippen LogP contribution in [0.4, 0.5) is 4.79 Å². The minimum absolute atomic E-state index is 0.287. The van der Waals surface area contributed by atoms with Gasteiger partial charge >= 0.3 is 6.03 Å². The molecule has 1 fully saturated rings. The number of nitrogens with one attached hydrogen (secondary N) is 2. The van der Waals surface area contributed by atoms with Crippen LogP contribution in [0.25, 0.3) is 0 Å². The van der Waals surface area contributed by atoms with Crippen molar-refractivity contribution in [2.75, 3.05) is 13.1 Å². The van der Waals surface area contributed by atoms with Gasteiger partial charge in [0.05, 0.1) is 0 Å². The highest BCUT2D eigenvalue weighted by atomic mass is 35.5. The molecule has 1 aliphatic heterocycles. The Kier molecular flexibility index (Phi) is 4.94. The standard InChI is InChI=1S/C16H20ClN3O3/c1-10(2)8-18-13(21)9-20-14(22)16(3,19-15(20)23)11-6-4-5-7-12(11)17/h4-7,10H,8-9H2,1-3H3,(H,18,21)(H,19,23)/t16-/m1/s1. The maximum Gasteiger partial charge on any atom is 0.325 e. The Hall–Kier alpha value is -2.08. The van der Waals surface area contributed by atoms with Crippen LogP contribution in [0, 0.1) is 5.92 Å². The molecule has 1 aliphatic rings. The van der Waals surface area contributed by atoms with Crippen LogP contribution in [0.3, 0.4) is 0 Å². The van der Waals surface area contributed by atoms with Crippen LogP contribution in [0.1, 0.15) is 26.3 Å². The largest absolute Gasteiger partial charge is 0.354 e. The first-order chi connectivity index (χ1) is 10.8. The van der Waals surface area contributed by atoms with Gasteiger partial charge in [0.15, 0.2) is 0 Å². The van der Waals surface area contributed by atoms with Gasteiger partial charge in [-0.15, -0.1) is 0 Å². The van der Waals surface area contributed by atoms with Gasteiger partial charge in [-0.3, -0.25) is 14.5 Å². The van der Waals surface area contributed by atoms with Crippen molar-refractivity contribution in [3.8, 4) is 0 Å². The fraction of sp³-hybridized carbons (Fsp3) is 0.438. The third-order valence-electron chi connectivity index (χ3n) is 3.70. The van der Waals surface area contributed by atoms with Crippen LogP contribution >= 0.6 is 11.6 Å². The van der Waals surface area contributed by atoms with Crippen molar-refractivity contribution in [3.63, 3.8) is 0 Å². The van der Waals surface area contributed by atoms with E-state index in [9.17, 15) is 14.4 Å². The molecule has 23 heavy (non-hydrogen) atoms. The summed E-state index contributed by atoms with van der Waals surface area (Å²) < 4.78 is 0. The maximum absolute atomic E-state index is 12.7. The number of halogens is 1. The third kappa shape index (κ3) is 3.47. The monoisotopic (exact) mass is 337 g/mol. The molecule has 7 heteroatoms. The van der Waals surface area contributed by atoms with Crippen molar-refractivity contribution in [1.82, 2.24) is 15.5 Å². The number of hydrogen-bond donors (Lipinski definition) is 2. The van der Waals surface area contributed by atoms with E-state index in [2.05, 4.69) is 10.6 Å². The third-order valence-corrected chi connectivity index (χ3v) is 4.03. The highest BCUT2D eigenvalue weighted by molar-refractivity contribution is 6.32. The number of nitrogens with zero attached hydrogens (tertiary/aromatic N) is 1. The molecule has 1 aromatic rings. The van der Waals surface area contributed by atoms with Gasteiger partial charge in [0.1, 0.15) is 12.1 Å². The van der Waals surface area contributed by atoms with E-state index >= 15 is 0 Å². The van der Waals surface area contributed by atoms with Crippen molar-refractivity contribution < 1.29 is 14.4 Å². The second-order valence-electron chi connectivity index (χ2n) is 6.12. The Morgan fingerprint density at radius 1 is 1.35 bits per heavy atom. The molecule has 124 valence electrons. The summed E-state index contributed by atoms with van der Waals surface area (Å²) in [6, 6.07) is 6.22. The average molecular weight is 338 g/mol. The molecule has 0 saturated carbocycles. The number of rotatable bonds is 5. The van der Waals surface area contributed by atoms with Gasteiger partial charge in [0.25, 0.3) is 5.91 Å². The summed E-state index contributed by atoms with van der Waals surface area (Å²) in [4.78, 5) is 37.6. The normalized spacial score (nSPS) is 20.8. The molecule has 4 amide bonds. The summed E-state index contributed by atoms with van der Waals surface area (Å²) in [5.41, 5.74) is -0.765. The van der Waals surface area contributed by atoms with Crippen molar-refractivity contribution >= 4 is 29.4 Å². The number of amides is 4. The van der Waals surface area contributed by atoms with Crippen molar-refractivity contribution in [2.45, 2.75) is 26.3 Å². The molecule has 0 unspecified atom stereocenters. The molecular formula is C16H20ClN3O3. The van der Waals surface area contributed by atoms with Gasteiger partial charge in [0.2, 0.25) is 5.91 Å². The molecule has 1 aromatic carbocycles. The van der Waals surface area contributed by atoms with E-state index < -0.39 is 17.5 Å². The lowest BCUT2D eigenvalue weighted by atomic mass is 9.92. The minimum Gasteiger partial charge on any atom is -0.354 e. The van der Waals surface area contributed by atoms with Gasteiger partial charge in [-0.1, -0.05) is 43.6 Å².